The largest absolute Gasteiger partial charge is 0.481 e. The minimum Gasteiger partial charge on any atom is -0.481 e. The summed E-state index contributed by atoms with van der Waals surface area (Å²) in [5.41, 5.74) is 0.309. The van der Waals surface area contributed by atoms with Gasteiger partial charge in [0.1, 0.15) is 0 Å². The van der Waals surface area contributed by atoms with Gasteiger partial charge in [-0.15, -0.1) is 0 Å². The number of hydrogen-bond acceptors (Lipinski definition) is 6. The van der Waals surface area contributed by atoms with Crippen molar-refractivity contribution in [1.82, 2.24) is 0 Å². The molecule has 1 saturated carbocycles. The Morgan fingerprint density at radius 1 is 0.949 bits per heavy atom. The van der Waals surface area contributed by atoms with E-state index in [9.17, 15) is 30.3 Å². The highest BCUT2D eigenvalue weighted by Gasteiger charge is 2.44. The summed E-state index contributed by atoms with van der Waals surface area (Å²) in [6.45, 7) is 3.06. The number of carbonyl (C=O) groups is 1. The van der Waals surface area contributed by atoms with Crippen LogP contribution in [0.4, 0.5) is 0 Å². The van der Waals surface area contributed by atoms with E-state index in [0.717, 1.165) is 64.3 Å². The van der Waals surface area contributed by atoms with E-state index in [4.69, 9.17) is 0 Å². The number of carboxylic acids is 1. The van der Waals surface area contributed by atoms with Crippen molar-refractivity contribution in [3.05, 3.63) is 11.6 Å². The molecule has 0 unspecified atom stereocenters. The van der Waals surface area contributed by atoms with Gasteiger partial charge in [0, 0.05) is 12.8 Å². The molecular formula is C32H57NO6. The van der Waals surface area contributed by atoms with E-state index in [0.29, 0.717) is 43.9 Å². The van der Waals surface area contributed by atoms with Crippen LogP contribution in [0.25, 0.3) is 0 Å². The van der Waals surface area contributed by atoms with Crippen LogP contribution < -0.4 is 0 Å². The minimum atomic E-state index is -0.972. The summed E-state index contributed by atoms with van der Waals surface area (Å²) >= 11 is 0. The van der Waals surface area contributed by atoms with Crippen molar-refractivity contribution in [1.29, 1.82) is 0 Å². The maximum absolute atomic E-state index is 11.9. The Labute approximate surface area is 236 Å². The van der Waals surface area contributed by atoms with Crippen LogP contribution in [0.3, 0.4) is 0 Å². The van der Waals surface area contributed by atoms with Crippen LogP contribution in [0.1, 0.15) is 129 Å². The van der Waals surface area contributed by atoms with E-state index in [2.05, 4.69) is 18.0 Å². The van der Waals surface area contributed by atoms with E-state index in [1.54, 1.807) is 0 Å². The summed E-state index contributed by atoms with van der Waals surface area (Å²) in [6.07, 6.45) is 18.9. The molecule has 1 aliphatic heterocycles. The van der Waals surface area contributed by atoms with Gasteiger partial charge in [0.2, 0.25) is 0 Å². The predicted octanol–water partition coefficient (Wildman–Crippen LogP) is 5.82. The van der Waals surface area contributed by atoms with Gasteiger partial charge in [-0.2, -0.15) is 0 Å². The fourth-order valence-corrected chi connectivity index (χ4v) is 6.68. The molecule has 226 valence electrons. The molecular weight excluding hydrogens is 494 g/mol. The number of rotatable bonds is 23. The number of unbranched alkanes of at least 4 members (excludes halogenated alkanes) is 7. The van der Waals surface area contributed by atoms with Crippen molar-refractivity contribution in [2.24, 2.45) is 22.7 Å². The molecule has 0 aromatic heterocycles. The Morgan fingerprint density at radius 2 is 1.59 bits per heavy atom. The Morgan fingerprint density at radius 3 is 2.18 bits per heavy atom. The smallest absolute Gasteiger partial charge is 0.309 e. The van der Waals surface area contributed by atoms with Crippen LogP contribution >= 0.6 is 0 Å². The second-order valence-corrected chi connectivity index (χ2v) is 12.4. The first-order chi connectivity index (χ1) is 18.8. The Bertz CT molecular complexity index is 740. The molecule has 0 aromatic rings. The molecule has 1 heterocycles. The Hall–Kier alpha value is -1.28. The first-order valence-electron chi connectivity index (χ1n) is 15.9. The summed E-state index contributed by atoms with van der Waals surface area (Å²) in [7, 11) is 0. The summed E-state index contributed by atoms with van der Waals surface area (Å²) in [5.74, 6) is -1.16. The molecule has 2 rings (SSSR count). The van der Waals surface area contributed by atoms with Crippen LogP contribution in [0.15, 0.2) is 16.6 Å². The van der Waals surface area contributed by atoms with Gasteiger partial charge in [-0.1, -0.05) is 70.8 Å². The van der Waals surface area contributed by atoms with E-state index in [-0.39, 0.29) is 19.1 Å². The summed E-state index contributed by atoms with van der Waals surface area (Å²) in [6, 6.07) is 0. The Balaban J connectivity index is 1.70. The first kappa shape index (κ1) is 33.9. The fourth-order valence-electron chi connectivity index (χ4n) is 6.68. The van der Waals surface area contributed by atoms with E-state index in [1.807, 2.05) is 6.21 Å². The molecule has 2 aliphatic rings. The van der Waals surface area contributed by atoms with Gasteiger partial charge in [-0.3, -0.25) is 9.79 Å². The third-order valence-electron chi connectivity index (χ3n) is 9.03. The highest BCUT2D eigenvalue weighted by atomic mass is 16.4. The lowest BCUT2D eigenvalue weighted by molar-refractivity contribution is -0.146. The molecule has 6 atom stereocenters. The summed E-state index contributed by atoms with van der Waals surface area (Å²) < 4.78 is 0. The van der Waals surface area contributed by atoms with Crippen LogP contribution in [0, 0.1) is 17.8 Å². The molecule has 0 amide bonds. The average molecular weight is 552 g/mol. The quantitative estimate of drug-likeness (QED) is 0.102. The molecule has 1 aliphatic carbocycles. The van der Waals surface area contributed by atoms with Crippen molar-refractivity contribution < 1.29 is 30.3 Å². The number of aliphatic hydroxyl groups is 4. The van der Waals surface area contributed by atoms with E-state index < -0.39 is 23.6 Å². The molecule has 7 heteroatoms. The molecule has 0 radical (unpaired) electrons. The summed E-state index contributed by atoms with van der Waals surface area (Å²) in [4.78, 5) is 16.2. The van der Waals surface area contributed by atoms with Gasteiger partial charge in [0.15, 0.2) is 0 Å². The molecule has 1 fully saturated rings. The zero-order chi connectivity index (χ0) is 28.5. The van der Waals surface area contributed by atoms with E-state index in [1.165, 1.54) is 31.3 Å². The second-order valence-electron chi connectivity index (χ2n) is 12.4. The van der Waals surface area contributed by atoms with Gasteiger partial charge >= 0.3 is 5.97 Å². The van der Waals surface area contributed by atoms with Gasteiger partial charge < -0.3 is 25.5 Å². The molecule has 0 aromatic carbocycles. The maximum atomic E-state index is 11.9. The molecule has 39 heavy (non-hydrogen) atoms. The lowest BCUT2D eigenvalue weighted by Gasteiger charge is -2.26. The van der Waals surface area contributed by atoms with Crippen molar-refractivity contribution in [2.75, 3.05) is 13.2 Å². The topological polar surface area (TPSA) is 131 Å². The third kappa shape index (κ3) is 13.3. The van der Waals surface area contributed by atoms with Crippen LogP contribution in [0.2, 0.25) is 0 Å². The lowest BCUT2D eigenvalue weighted by atomic mass is 9.86. The molecule has 0 bridgehead atoms. The van der Waals surface area contributed by atoms with E-state index >= 15 is 0 Å². The molecule has 0 saturated heterocycles. The monoisotopic (exact) mass is 551 g/mol. The van der Waals surface area contributed by atoms with Crippen molar-refractivity contribution in [3.63, 3.8) is 0 Å². The lowest BCUT2D eigenvalue weighted by Crippen LogP contribution is -2.32. The maximum Gasteiger partial charge on any atom is 0.309 e. The highest BCUT2D eigenvalue weighted by molar-refractivity contribution is 5.80. The number of aliphatic imine (C=N–C) groups is 1. The highest BCUT2D eigenvalue weighted by Crippen LogP contribution is 2.47. The number of aliphatic hydroxyl groups excluding tert-OH is 3. The fraction of sp³-hybridized carbons (Fsp3) is 0.875. The SMILES string of the molecule is CCCCCCC[C@H](O)CCCCCC[C@H](C(=O)O)[C@H](O)CC[C@@]1(O)C[C@@H](CCCO)[C@H](CC2=CCN=C2)C1. The predicted molar refractivity (Wildman–Crippen MR) is 157 cm³/mol. The molecule has 7 nitrogen and oxygen atoms in total. The standard InChI is InChI=1S/C32H57NO6/c1-2-3-4-5-8-13-28(35)14-9-6-7-10-15-29(31(37)38)30(36)16-18-32(39)22-26(12-11-20-34)27(23-32)21-25-17-19-33-24-25/h17,24,26-30,34-36,39H,2-16,18-23H2,1H3,(H,37,38)/t26-,27-,28+,29+,30-,32-/m1/s1. The molecule has 5 N–H and O–H groups in total. The zero-order valence-corrected chi connectivity index (χ0v) is 24.5. The van der Waals surface area contributed by atoms with Crippen molar-refractivity contribution >= 4 is 12.2 Å². The normalized spacial score (nSPS) is 25.1. The first-order valence-corrected chi connectivity index (χ1v) is 15.9. The minimum absolute atomic E-state index is 0.143. The van der Waals surface area contributed by atoms with Gasteiger partial charge in [0.05, 0.1) is 30.3 Å². The van der Waals surface area contributed by atoms with Crippen LogP contribution in [-0.2, 0) is 4.79 Å². The number of carboxylic acid groups (broad SMARTS) is 1. The van der Waals surface area contributed by atoms with Gasteiger partial charge in [0.25, 0.3) is 0 Å². The van der Waals surface area contributed by atoms with Gasteiger partial charge in [-0.25, -0.2) is 0 Å². The summed E-state index contributed by atoms with van der Waals surface area (Å²) in [5, 5.41) is 51.4. The van der Waals surface area contributed by atoms with Crippen LogP contribution in [-0.4, -0.2) is 68.7 Å². The Kier molecular flexibility index (Phi) is 16.5. The van der Waals surface area contributed by atoms with Crippen molar-refractivity contribution in [3.8, 4) is 0 Å². The number of nitrogens with zero attached hydrogens (tertiary/aromatic N) is 1. The number of hydrogen-bond donors (Lipinski definition) is 5. The van der Waals surface area contributed by atoms with Crippen molar-refractivity contribution in [2.45, 2.75) is 147 Å². The van der Waals surface area contributed by atoms with Gasteiger partial charge in [-0.05, 0) is 81.6 Å². The molecule has 0 spiro atoms. The third-order valence-corrected chi connectivity index (χ3v) is 9.03. The second kappa shape index (κ2) is 19.0. The van der Waals surface area contributed by atoms with Crippen LogP contribution in [0.5, 0.6) is 0 Å². The average Bonchev–Trinajstić information content (AvgIpc) is 3.53. The number of aliphatic carboxylic acids is 1. The number of allylic oxidation sites excluding steroid dienone is 1. The zero-order valence-electron chi connectivity index (χ0n) is 24.5.